The summed E-state index contributed by atoms with van der Waals surface area (Å²) in [5, 5.41) is 23.1. The normalized spacial score (nSPS) is 10.8. The highest BCUT2D eigenvalue weighted by Gasteiger charge is 2.18. The minimum absolute atomic E-state index is 0.0339. The Bertz CT molecular complexity index is 1210. The molecule has 0 spiro atoms. The minimum Gasteiger partial charge on any atom is -0.489 e. The van der Waals surface area contributed by atoms with Crippen molar-refractivity contribution in [2.75, 3.05) is 5.32 Å². The molecule has 1 N–H and O–H groups in total. The van der Waals surface area contributed by atoms with Crippen molar-refractivity contribution < 1.29 is 14.5 Å². The Morgan fingerprint density at radius 2 is 1.72 bits per heavy atom. The van der Waals surface area contributed by atoms with Gasteiger partial charge in [-0.25, -0.2) is 0 Å². The number of amides is 1. The van der Waals surface area contributed by atoms with Crippen molar-refractivity contribution >= 4 is 23.4 Å². The fourth-order valence-corrected chi connectivity index (χ4v) is 2.91. The van der Waals surface area contributed by atoms with Crippen molar-refractivity contribution in [3.05, 3.63) is 105 Å². The average molecular weight is 427 g/mol. The SMILES string of the molecule is Cc1ccc(COc2ccc(/C=C(\C#N)C(=O)Nc3ccc(C)cc3[N+](=O)[O-])cc2)cc1. The molecule has 0 fully saturated rings. The van der Waals surface area contributed by atoms with Crippen LogP contribution in [0.1, 0.15) is 22.3 Å². The van der Waals surface area contributed by atoms with Gasteiger partial charge in [0, 0.05) is 6.07 Å². The van der Waals surface area contributed by atoms with E-state index in [1.807, 2.05) is 37.3 Å². The molecular weight excluding hydrogens is 406 g/mol. The van der Waals surface area contributed by atoms with Crippen molar-refractivity contribution in [3.63, 3.8) is 0 Å². The van der Waals surface area contributed by atoms with Gasteiger partial charge in [-0.15, -0.1) is 0 Å². The van der Waals surface area contributed by atoms with Crippen molar-refractivity contribution in [1.29, 1.82) is 5.26 Å². The second kappa shape index (κ2) is 10.0. The van der Waals surface area contributed by atoms with Crippen LogP contribution in [-0.2, 0) is 11.4 Å². The van der Waals surface area contributed by atoms with Gasteiger partial charge in [0.05, 0.1) is 4.92 Å². The zero-order valence-corrected chi connectivity index (χ0v) is 17.7. The molecule has 0 unspecified atom stereocenters. The van der Waals surface area contributed by atoms with Crippen LogP contribution in [0.15, 0.2) is 72.3 Å². The molecule has 0 aliphatic carbocycles. The van der Waals surface area contributed by atoms with Crippen LogP contribution in [0.4, 0.5) is 11.4 Å². The Labute approximate surface area is 185 Å². The largest absolute Gasteiger partial charge is 0.489 e. The number of nitriles is 1. The first kappa shape index (κ1) is 22.2. The van der Waals surface area contributed by atoms with E-state index in [9.17, 15) is 20.2 Å². The Kier molecular flexibility index (Phi) is 6.99. The number of nitro groups is 1. The molecule has 160 valence electrons. The number of aryl methyl sites for hydroxylation is 2. The summed E-state index contributed by atoms with van der Waals surface area (Å²) in [5.41, 5.74) is 3.17. The molecule has 3 rings (SSSR count). The third-order valence-corrected chi connectivity index (χ3v) is 4.68. The summed E-state index contributed by atoms with van der Waals surface area (Å²) in [7, 11) is 0. The molecule has 3 aromatic carbocycles. The first-order valence-electron chi connectivity index (χ1n) is 9.82. The van der Waals surface area contributed by atoms with Gasteiger partial charge in [-0.2, -0.15) is 5.26 Å². The number of hydrogen-bond acceptors (Lipinski definition) is 5. The van der Waals surface area contributed by atoms with Gasteiger partial charge >= 0.3 is 0 Å². The van der Waals surface area contributed by atoms with E-state index in [4.69, 9.17) is 4.74 Å². The van der Waals surface area contributed by atoms with Crippen LogP contribution in [0.2, 0.25) is 0 Å². The maximum Gasteiger partial charge on any atom is 0.293 e. The molecule has 32 heavy (non-hydrogen) atoms. The highest BCUT2D eigenvalue weighted by atomic mass is 16.6. The minimum atomic E-state index is -0.723. The lowest BCUT2D eigenvalue weighted by Crippen LogP contribution is -2.14. The summed E-state index contributed by atoms with van der Waals surface area (Å²) in [4.78, 5) is 23.2. The van der Waals surface area contributed by atoms with E-state index in [0.717, 1.165) is 5.56 Å². The van der Waals surface area contributed by atoms with Crippen molar-refractivity contribution in [3.8, 4) is 11.8 Å². The number of rotatable bonds is 7. The number of carbonyl (C=O) groups is 1. The van der Waals surface area contributed by atoms with Crippen LogP contribution < -0.4 is 10.1 Å². The molecule has 7 heteroatoms. The van der Waals surface area contributed by atoms with E-state index in [1.165, 1.54) is 23.8 Å². The quantitative estimate of drug-likeness (QED) is 0.237. The molecule has 0 bridgehead atoms. The molecule has 0 saturated carbocycles. The third kappa shape index (κ3) is 5.80. The highest BCUT2D eigenvalue weighted by Crippen LogP contribution is 2.26. The highest BCUT2D eigenvalue weighted by molar-refractivity contribution is 6.10. The lowest BCUT2D eigenvalue weighted by Gasteiger charge is -2.08. The zero-order valence-electron chi connectivity index (χ0n) is 17.7. The monoisotopic (exact) mass is 427 g/mol. The molecule has 3 aromatic rings. The van der Waals surface area contributed by atoms with Gasteiger partial charge in [0.25, 0.3) is 11.6 Å². The van der Waals surface area contributed by atoms with Gasteiger partial charge in [0.2, 0.25) is 0 Å². The Hall–Kier alpha value is -4.44. The first-order valence-corrected chi connectivity index (χ1v) is 9.82. The van der Waals surface area contributed by atoms with Crippen molar-refractivity contribution in [1.82, 2.24) is 0 Å². The second-order valence-corrected chi connectivity index (χ2v) is 7.24. The zero-order chi connectivity index (χ0) is 23.1. The summed E-state index contributed by atoms with van der Waals surface area (Å²) in [6.45, 7) is 4.17. The fraction of sp³-hybridized carbons (Fsp3) is 0.120. The van der Waals surface area contributed by atoms with Gasteiger partial charge in [0.15, 0.2) is 0 Å². The topological polar surface area (TPSA) is 105 Å². The first-order chi connectivity index (χ1) is 15.4. The standard InChI is InChI=1S/C25H21N3O4/c1-17-3-6-20(7-4-17)16-32-22-10-8-19(9-11-22)14-21(15-26)25(29)27-23-12-5-18(2)13-24(23)28(30)31/h3-14H,16H2,1-2H3,(H,27,29)/b21-14+. The predicted molar refractivity (Wildman–Crippen MR) is 122 cm³/mol. The van der Waals surface area contributed by atoms with Gasteiger partial charge < -0.3 is 10.1 Å². The lowest BCUT2D eigenvalue weighted by atomic mass is 10.1. The van der Waals surface area contributed by atoms with Crippen LogP contribution in [0.3, 0.4) is 0 Å². The summed E-state index contributed by atoms with van der Waals surface area (Å²) in [5.74, 6) is -0.0693. The van der Waals surface area contributed by atoms with Crippen LogP contribution in [0, 0.1) is 35.3 Å². The molecule has 0 saturated heterocycles. The van der Waals surface area contributed by atoms with Gasteiger partial charge in [-0.1, -0.05) is 48.0 Å². The predicted octanol–water partition coefficient (Wildman–Crippen LogP) is 5.34. The summed E-state index contributed by atoms with van der Waals surface area (Å²) < 4.78 is 5.76. The maximum absolute atomic E-state index is 12.5. The van der Waals surface area contributed by atoms with Crippen LogP contribution in [0.25, 0.3) is 6.08 Å². The molecular formula is C25H21N3O4. The van der Waals surface area contributed by atoms with Crippen LogP contribution in [-0.4, -0.2) is 10.8 Å². The molecule has 7 nitrogen and oxygen atoms in total. The molecule has 0 aromatic heterocycles. The van der Waals surface area contributed by atoms with Crippen LogP contribution in [0.5, 0.6) is 5.75 Å². The fourth-order valence-electron chi connectivity index (χ4n) is 2.91. The van der Waals surface area contributed by atoms with E-state index < -0.39 is 10.8 Å². The van der Waals surface area contributed by atoms with Crippen LogP contribution >= 0.6 is 0 Å². The number of nitrogens with zero attached hydrogens (tertiary/aromatic N) is 2. The number of carbonyl (C=O) groups excluding carboxylic acids is 1. The summed E-state index contributed by atoms with van der Waals surface area (Å²) >= 11 is 0. The third-order valence-electron chi connectivity index (χ3n) is 4.68. The van der Waals surface area contributed by atoms with Gasteiger partial charge in [-0.05, 0) is 54.8 Å². The number of anilines is 1. The molecule has 0 aliphatic rings. The number of ether oxygens (including phenoxy) is 1. The number of hydrogen-bond donors (Lipinski definition) is 1. The molecule has 0 aliphatic heterocycles. The average Bonchev–Trinajstić information content (AvgIpc) is 2.78. The van der Waals surface area contributed by atoms with E-state index in [0.29, 0.717) is 23.5 Å². The van der Waals surface area contributed by atoms with E-state index in [2.05, 4.69) is 5.32 Å². The van der Waals surface area contributed by atoms with Gasteiger partial charge in [-0.3, -0.25) is 14.9 Å². The summed E-state index contributed by atoms with van der Waals surface area (Å²) in [6, 6.07) is 21.3. The second-order valence-electron chi connectivity index (χ2n) is 7.24. The van der Waals surface area contributed by atoms with E-state index in [-0.39, 0.29) is 16.9 Å². The smallest absolute Gasteiger partial charge is 0.293 e. The Balaban J connectivity index is 1.69. The number of nitro benzene ring substituents is 1. The Morgan fingerprint density at radius 3 is 2.34 bits per heavy atom. The van der Waals surface area contributed by atoms with Crippen molar-refractivity contribution in [2.24, 2.45) is 0 Å². The number of benzene rings is 3. The molecule has 0 radical (unpaired) electrons. The van der Waals surface area contributed by atoms with E-state index >= 15 is 0 Å². The summed E-state index contributed by atoms with van der Waals surface area (Å²) in [6.07, 6.45) is 1.42. The Morgan fingerprint density at radius 1 is 1.06 bits per heavy atom. The van der Waals surface area contributed by atoms with Crippen molar-refractivity contribution in [2.45, 2.75) is 20.5 Å². The lowest BCUT2D eigenvalue weighted by molar-refractivity contribution is -0.384. The molecule has 1 amide bonds. The number of nitrogens with one attached hydrogen (secondary N) is 1. The molecule has 0 heterocycles. The maximum atomic E-state index is 12.5. The molecule has 0 atom stereocenters. The van der Waals surface area contributed by atoms with Gasteiger partial charge in [0.1, 0.15) is 29.7 Å². The van der Waals surface area contributed by atoms with E-state index in [1.54, 1.807) is 37.3 Å².